The van der Waals surface area contributed by atoms with Crippen LogP contribution >= 0.6 is 26.6 Å². The standard InChI is InChI=1S/C14H17BrClNO3S/c1-2-5-14(6-7-14)9-17-13(18)10-3-4-11(15)12(8-10)21(16,19)20/h3-4,8H,2,5-7,9H2,1H3,(H,17,18). The summed E-state index contributed by atoms with van der Waals surface area (Å²) in [5, 5.41) is 2.89. The summed E-state index contributed by atoms with van der Waals surface area (Å²) in [7, 11) is 1.47. The highest BCUT2D eigenvalue weighted by Gasteiger charge is 2.41. The number of benzene rings is 1. The molecule has 0 atom stereocenters. The Kier molecular flexibility index (Phi) is 5.00. The van der Waals surface area contributed by atoms with Crippen LogP contribution in [0.4, 0.5) is 0 Å². The molecule has 1 aromatic rings. The van der Waals surface area contributed by atoms with Crippen molar-refractivity contribution in [3.63, 3.8) is 0 Å². The van der Waals surface area contributed by atoms with Crippen LogP contribution in [0.2, 0.25) is 0 Å². The van der Waals surface area contributed by atoms with E-state index < -0.39 is 9.05 Å². The number of carbonyl (C=O) groups is 1. The number of carbonyl (C=O) groups excluding carboxylic acids is 1. The molecule has 1 saturated carbocycles. The summed E-state index contributed by atoms with van der Waals surface area (Å²) in [6.07, 6.45) is 4.49. The van der Waals surface area contributed by atoms with Gasteiger partial charge in [0.15, 0.2) is 0 Å². The molecule has 1 aromatic carbocycles. The summed E-state index contributed by atoms with van der Waals surface area (Å²) in [5.41, 5.74) is 0.547. The number of rotatable bonds is 6. The molecule has 0 unspecified atom stereocenters. The monoisotopic (exact) mass is 393 g/mol. The van der Waals surface area contributed by atoms with Crippen molar-refractivity contribution in [3.8, 4) is 0 Å². The predicted molar refractivity (Wildman–Crippen MR) is 86.1 cm³/mol. The topological polar surface area (TPSA) is 63.2 Å². The third-order valence-corrected chi connectivity index (χ3v) is 6.13. The average molecular weight is 395 g/mol. The Balaban J connectivity index is 2.10. The van der Waals surface area contributed by atoms with Crippen molar-refractivity contribution in [3.05, 3.63) is 28.2 Å². The van der Waals surface area contributed by atoms with E-state index in [1.54, 1.807) is 6.07 Å². The summed E-state index contributed by atoms with van der Waals surface area (Å²) in [5.74, 6) is -0.272. The van der Waals surface area contributed by atoms with Crippen molar-refractivity contribution in [1.82, 2.24) is 5.32 Å². The number of hydrogen-bond acceptors (Lipinski definition) is 3. The van der Waals surface area contributed by atoms with Crippen molar-refractivity contribution >= 4 is 41.6 Å². The Morgan fingerprint density at radius 2 is 2.10 bits per heavy atom. The molecular weight excluding hydrogens is 378 g/mol. The van der Waals surface area contributed by atoms with E-state index >= 15 is 0 Å². The van der Waals surface area contributed by atoms with E-state index in [2.05, 4.69) is 28.2 Å². The van der Waals surface area contributed by atoms with Crippen molar-refractivity contribution < 1.29 is 13.2 Å². The molecule has 21 heavy (non-hydrogen) atoms. The first-order chi connectivity index (χ1) is 9.77. The molecule has 0 spiro atoms. The SMILES string of the molecule is CCCC1(CNC(=O)c2ccc(Br)c(S(=O)(=O)Cl)c2)CC1. The Labute approximate surface area is 137 Å². The van der Waals surface area contributed by atoms with Crippen molar-refractivity contribution in [2.24, 2.45) is 5.41 Å². The predicted octanol–water partition coefficient (Wildman–Crippen LogP) is 3.69. The molecule has 1 fully saturated rings. The van der Waals surface area contributed by atoms with Gasteiger partial charge in [0, 0.05) is 27.3 Å². The van der Waals surface area contributed by atoms with Gasteiger partial charge >= 0.3 is 0 Å². The lowest BCUT2D eigenvalue weighted by Crippen LogP contribution is -2.30. The van der Waals surface area contributed by atoms with Gasteiger partial charge in [-0.2, -0.15) is 0 Å². The molecule has 0 aliphatic heterocycles. The van der Waals surface area contributed by atoms with Crippen molar-refractivity contribution in [2.75, 3.05) is 6.54 Å². The minimum atomic E-state index is -3.88. The molecule has 7 heteroatoms. The van der Waals surface area contributed by atoms with Crippen LogP contribution in [0.15, 0.2) is 27.6 Å². The summed E-state index contributed by atoms with van der Waals surface area (Å²) in [6.45, 7) is 2.77. The van der Waals surface area contributed by atoms with Crippen molar-refractivity contribution in [1.29, 1.82) is 0 Å². The average Bonchev–Trinajstić information content (AvgIpc) is 3.16. The molecule has 1 amide bonds. The Bertz CT molecular complexity index is 656. The van der Waals surface area contributed by atoms with Gasteiger partial charge in [-0.3, -0.25) is 4.79 Å². The lowest BCUT2D eigenvalue weighted by atomic mass is 10.0. The molecule has 1 N–H and O–H groups in total. The zero-order chi connectivity index (χ0) is 15.7. The fourth-order valence-electron chi connectivity index (χ4n) is 2.42. The first kappa shape index (κ1) is 16.8. The van der Waals surface area contributed by atoms with Crippen LogP contribution in [0.25, 0.3) is 0 Å². The van der Waals surface area contributed by atoms with E-state index in [1.807, 2.05) is 0 Å². The summed E-state index contributed by atoms with van der Waals surface area (Å²) in [6, 6.07) is 4.38. The van der Waals surface area contributed by atoms with Gasteiger partial charge in [0.2, 0.25) is 0 Å². The van der Waals surface area contributed by atoms with Crippen LogP contribution < -0.4 is 5.32 Å². The maximum absolute atomic E-state index is 12.1. The second-order valence-electron chi connectivity index (χ2n) is 5.52. The first-order valence-electron chi connectivity index (χ1n) is 6.80. The van der Waals surface area contributed by atoms with Gasteiger partial charge in [-0.25, -0.2) is 8.42 Å². The molecule has 1 aliphatic carbocycles. The van der Waals surface area contributed by atoms with Crippen LogP contribution in [-0.4, -0.2) is 20.9 Å². The highest BCUT2D eigenvalue weighted by molar-refractivity contribution is 9.10. The van der Waals surface area contributed by atoms with E-state index in [4.69, 9.17) is 10.7 Å². The van der Waals surface area contributed by atoms with Gasteiger partial charge in [0.25, 0.3) is 15.0 Å². The van der Waals surface area contributed by atoms with Crippen LogP contribution in [0.5, 0.6) is 0 Å². The number of hydrogen-bond donors (Lipinski definition) is 1. The smallest absolute Gasteiger partial charge is 0.262 e. The third-order valence-electron chi connectivity index (χ3n) is 3.82. The van der Waals surface area contributed by atoms with E-state index in [-0.39, 0.29) is 16.2 Å². The molecule has 0 radical (unpaired) electrons. The fraction of sp³-hybridized carbons (Fsp3) is 0.500. The highest BCUT2D eigenvalue weighted by Crippen LogP contribution is 2.48. The van der Waals surface area contributed by atoms with Gasteiger partial charge in [0.05, 0.1) is 4.90 Å². The largest absolute Gasteiger partial charge is 0.351 e. The lowest BCUT2D eigenvalue weighted by Gasteiger charge is -2.15. The van der Waals surface area contributed by atoms with E-state index in [9.17, 15) is 13.2 Å². The summed E-state index contributed by atoms with van der Waals surface area (Å²) in [4.78, 5) is 12.1. The molecule has 4 nitrogen and oxygen atoms in total. The van der Waals surface area contributed by atoms with Crippen molar-refractivity contribution in [2.45, 2.75) is 37.5 Å². The molecule has 1 aliphatic rings. The third kappa shape index (κ3) is 4.20. The van der Waals surface area contributed by atoms with Gasteiger partial charge < -0.3 is 5.32 Å². The molecule has 0 bridgehead atoms. The minimum absolute atomic E-state index is 0.0912. The molecule has 0 aromatic heterocycles. The molecule has 116 valence electrons. The maximum atomic E-state index is 12.1. The Morgan fingerprint density at radius 1 is 1.43 bits per heavy atom. The lowest BCUT2D eigenvalue weighted by molar-refractivity contribution is 0.0943. The van der Waals surface area contributed by atoms with Gasteiger partial charge in [0.1, 0.15) is 0 Å². The number of nitrogens with one attached hydrogen (secondary N) is 1. The fourth-order valence-corrected chi connectivity index (χ4v) is 4.54. The molecular formula is C14H17BrClNO3S. The zero-order valence-corrected chi connectivity index (χ0v) is 14.8. The van der Waals surface area contributed by atoms with Gasteiger partial charge in [-0.05, 0) is 58.8 Å². The zero-order valence-electron chi connectivity index (χ0n) is 11.7. The molecule has 2 rings (SSSR count). The number of halogens is 2. The first-order valence-corrected chi connectivity index (χ1v) is 9.90. The highest BCUT2D eigenvalue weighted by atomic mass is 79.9. The normalized spacial score (nSPS) is 16.5. The van der Waals surface area contributed by atoms with E-state index in [1.165, 1.54) is 12.1 Å². The van der Waals surface area contributed by atoms with E-state index in [0.717, 1.165) is 25.7 Å². The van der Waals surface area contributed by atoms with Gasteiger partial charge in [-0.15, -0.1) is 0 Å². The molecule has 0 heterocycles. The molecule has 0 saturated heterocycles. The van der Waals surface area contributed by atoms with Crippen LogP contribution in [-0.2, 0) is 9.05 Å². The number of amides is 1. The Hall–Kier alpha value is -0.590. The van der Waals surface area contributed by atoms with Crippen LogP contribution in [0.3, 0.4) is 0 Å². The second kappa shape index (κ2) is 6.26. The minimum Gasteiger partial charge on any atom is -0.351 e. The summed E-state index contributed by atoms with van der Waals surface area (Å²) < 4.78 is 23.2. The van der Waals surface area contributed by atoms with Crippen LogP contribution in [0.1, 0.15) is 43.0 Å². The van der Waals surface area contributed by atoms with Crippen LogP contribution in [0, 0.1) is 5.41 Å². The van der Waals surface area contributed by atoms with Gasteiger partial charge in [-0.1, -0.05) is 13.3 Å². The second-order valence-corrected chi connectivity index (χ2v) is 8.90. The maximum Gasteiger partial charge on any atom is 0.262 e. The van der Waals surface area contributed by atoms with E-state index in [0.29, 0.717) is 16.6 Å². The quantitative estimate of drug-likeness (QED) is 0.749. The Morgan fingerprint density at radius 3 is 2.62 bits per heavy atom. The summed E-state index contributed by atoms with van der Waals surface area (Å²) >= 11 is 3.12.